The van der Waals surface area contributed by atoms with Gasteiger partial charge in [-0.1, -0.05) is 0 Å². The van der Waals surface area contributed by atoms with Gasteiger partial charge in [0.2, 0.25) is 0 Å². The van der Waals surface area contributed by atoms with Crippen LogP contribution in [0.1, 0.15) is 10.4 Å². The Morgan fingerprint density at radius 1 is 1.35 bits per heavy atom. The Morgan fingerprint density at radius 2 is 2.00 bits per heavy atom. The van der Waals surface area contributed by atoms with Crippen LogP contribution in [0.3, 0.4) is 0 Å². The highest BCUT2D eigenvalue weighted by molar-refractivity contribution is 7.85. The summed E-state index contributed by atoms with van der Waals surface area (Å²) in [5, 5.41) is 9.35. The Balaban J connectivity index is 2.19. The fraction of sp³-hybridized carbons (Fsp3) is 0.364. The van der Waals surface area contributed by atoms with E-state index in [9.17, 15) is 14.1 Å². The number of phenols is 1. The summed E-state index contributed by atoms with van der Waals surface area (Å²) in [6, 6.07) is 4.31. The first-order valence-corrected chi connectivity index (χ1v) is 6.79. The van der Waals surface area contributed by atoms with Gasteiger partial charge in [-0.25, -0.2) is 0 Å². The predicted octanol–water partition coefficient (Wildman–Crippen LogP) is 0.179. The molecule has 1 heterocycles. The van der Waals surface area contributed by atoms with Gasteiger partial charge in [0.05, 0.1) is 5.56 Å². The highest BCUT2D eigenvalue weighted by atomic mass is 32.2. The third-order valence-electron chi connectivity index (χ3n) is 2.73. The monoisotopic (exact) mass is 254 g/mol. The number of nitrogen functional groups attached to an aromatic ring is 1. The predicted molar refractivity (Wildman–Crippen MR) is 66.3 cm³/mol. The molecule has 2 rings (SSSR count). The van der Waals surface area contributed by atoms with Gasteiger partial charge in [0.25, 0.3) is 5.91 Å². The average molecular weight is 254 g/mol. The number of hydrogen-bond donors (Lipinski definition) is 2. The van der Waals surface area contributed by atoms with Gasteiger partial charge in [-0.3, -0.25) is 9.00 Å². The average Bonchev–Trinajstić information content (AvgIpc) is 2.32. The van der Waals surface area contributed by atoms with E-state index in [1.165, 1.54) is 18.2 Å². The molecule has 1 fully saturated rings. The lowest BCUT2D eigenvalue weighted by molar-refractivity contribution is 0.0772. The van der Waals surface area contributed by atoms with E-state index < -0.39 is 10.8 Å². The van der Waals surface area contributed by atoms with E-state index in [1.54, 1.807) is 4.90 Å². The largest absolute Gasteiger partial charge is 0.508 e. The number of rotatable bonds is 1. The zero-order valence-corrected chi connectivity index (χ0v) is 10.1. The number of amides is 1. The number of carbonyl (C=O) groups is 1. The molecule has 1 saturated heterocycles. The Bertz CT molecular complexity index is 466. The number of nitrogens with two attached hydrogens (primary N) is 1. The second-order valence-electron chi connectivity index (χ2n) is 3.91. The van der Waals surface area contributed by atoms with Crippen LogP contribution in [0.5, 0.6) is 5.75 Å². The van der Waals surface area contributed by atoms with E-state index >= 15 is 0 Å². The zero-order valence-electron chi connectivity index (χ0n) is 9.26. The third kappa shape index (κ3) is 2.58. The number of aromatic hydroxyl groups is 1. The minimum absolute atomic E-state index is 0.0168. The number of anilines is 1. The Kier molecular flexibility index (Phi) is 3.33. The molecule has 0 aliphatic carbocycles. The van der Waals surface area contributed by atoms with Gasteiger partial charge < -0.3 is 15.7 Å². The Labute approximate surface area is 102 Å². The molecule has 92 valence electrons. The lowest BCUT2D eigenvalue weighted by Crippen LogP contribution is -2.42. The summed E-state index contributed by atoms with van der Waals surface area (Å²) in [5.74, 6) is 0.813. The van der Waals surface area contributed by atoms with Gasteiger partial charge in [0.1, 0.15) is 5.75 Å². The summed E-state index contributed by atoms with van der Waals surface area (Å²) in [6.45, 7) is 0.946. The van der Waals surface area contributed by atoms with Crippen molar-refractivity contribution in [3.05, 3.63) is 23.8 Å². The van der Waals surface area contributed by atoms with Gasteiger partial charge in [-0.2, -0.15) is 0 Å². The maximum Gasteiger partial charge on any atom is 0.256 e. The molecule has 0 saturated carbocycles. The van der Waals surface area contributed by atoms with Crippen LogP contribution in [-0.2, 0) is 10.8 Å². The molecule has 0 spiro atoms. The molecule has 1 aromatic rings. The van der Waals surface area contributed by atoms with Crippen LogP contribution in [0.2, 0.25) is 0 Å². The zero-order chi connectivity index (χ0) is 12.4. The minimum Gasteiger partial charge on any atom is -0.508 e. The van der Waals surface area contributed by atoms with Crippen LogP contribution in [0.4, 0.5) is 5.69 Å². The minimum atomic E-state index is -0.818. The van der Waals surface area contributed by atoms with Crippen molar-refractivity contribution in [3.63, 3.8) is 0 Å². The quantitative estimate of drug-likeness (QED) is 0.553. The van der Waals surface area contributed by atoms with Crippen LogP contribution >= 0.6 is 0 Å². The number of hydrogen-bond acceptors (Lipinski definition) is 4. The van der Waals surface area contributed by atoms with Crippen molar-refractivity contribution in [3.8, 4) is 5.75 Å². The van der Waals surface area contributed by atoms with Crippen LogP contribution < -0.4 is 5.73 Å². The molecule has 1 amide bonds. The van der Waals surface area contributed by atoms with Crippen molar-refractivity contribution in [2.75, 3.05) is 30.3 Å². The van der Waals surface area contributed by atoms with Crippen molar-refractivity contribution < 1.29 is 14.1 Å². The first-order valence-electron chi connectivity index (χ1n) is 5.30. The molecule has 0 atom stereocenters. The maximum atomic E-state index is 12.1. The lowest BCUT2D eigenvalue weighted by atomic mass is 10.1. The van der Waals surface area contributed by atoms with Gasteiger partial charge in [0.15, 0.2) is 0 Å². The lowest BCUT2D eigenvalue weighted by Gasteiger charge is -2.26. The summed E-state index contributed by atoms with van der Waals surface area (Å²) in [4.78, 5) is 13.7. The van der Waals surface area contributed by atoms with E-state index in [1.807, 2.05) is 0 Å². The first-order chi connectivity index (χ1) is 8.08. The van der Waals surface area contributed by atoms with Crippen molar-refractivity contribution in [1.29, 1.82) is 0 Å². The van der Waals surface area contributed by atoms with E-state index in [-0.39, 0.29) is 11.7 Å². The standard InChI is InChI=1S/C11H14N2O3S/c12-10-2-1-8(14)7-9(10)11(15)13-3-5-17(16)6-4-13/h1-2,7,14H,3-6,12H2. The number of phenolic OH excluding ortho intramolecular Hbond substituents is 1. The van der Waals surface area contributed by atoms with E-state index in [0.717, 1.165) is 0 Å². The van der Waals surface area contributed by atoms with Crippen molar-refractivity contribution in [1.82, 2.24) is 4.90 Å². The van der Waals surface area contributed by atoms with Gasteiger partial charge in [0, 0.05) is 41.1 Å². The summed E-state index contributed by atoms with van der Waals surface area (Å²) < 4.78 is 11.2. The molecule has 6 heteroatoms. The molecule has 0 unspecified atom stereocenters. The smallest absolute Gasteiger partial charge is 0.256 e. The van der Waals surface area contributed by atoms with Crippen molar-refractivity contribution in [2.24, 2.45) is 0 Å². The van der Waals surface area contributed by atoms with E-state index in [4.69, 9.17) is 5.73 Å². The third-order valence-corrected chi connectivity index (χ3v) is 4.01. The van der Waals surface area contributed by atoms with Crippen molar-refractivity contribution in [2.45, 2.75) is 0 Å². The molecule has 1 aromatic carbocycles. The van der Waals surface area contributed by atoms with E-state index in [2.05, 4.69) is 0 Å². The molecular weight excluding hydrogens is 240 g/mol. The molecule has 1 aliphatic heterocycles. The van der Waals surface area contributed by atoms with Crippen LogP contribution in [0.15, 0.2) is 18.2 Å². The summed E-state index contributed by atoms with van der Waals surface area (Å²) in [5.41, 5.74) is 6.36. The Morgan fingerprint density at radius 3 is 2.65 bits per heavy atom. The topological polar surface area (TPSA) is 83.6 Å². The van der Waals surface area contributed by atoms with Crippen LogP contribution in [0.25, 0.3) is 0 Å². The van der Waals surface area contributed by atoms with E-state index in [0.29, 0.717) is 35.8 Å². The molecule has 3 N–H and O–H groups in total. The fourth-order valence-electron chi connectivity index (χ4n) is 1.74. The summed E-state index contributed by atoms with van der Waals surface area (Å²) in [6.07, 6.45) is 0. The molecular formula is C11H14N2O3S. The highest BCUT2D eigenvalue weighted by Crippen LogP contribution is 2.20. The number of benzene rings is 1. The molecule has 0 aromatic heterocycles. The van der Waals surface area contributed by atoms with Gasteiger partial charge in [-0.05, 0) is 18.2 Å². The SMILES string of the molecule is Nc1ccc(O)cc1C(=O)N1CCS(=O)CC1. The normalized spacial score (nSPS) is 17.1. The summed E-state index contributed by atoms with van der Waals surface area (Å²) >= 11 is 0. The molecule has 17 heavy (non-hydrogen) atoms. The molecule has 0 radical (unpaired) electrons. The van der Waals surface area contributed by atoms with Gasteiger partial charge in [-0.15, -0.1) is 0 Å². The molecule has 1 aliphatic rings. The summed E-state index contributed by atoms with van der Waals surface area (Å²) in [7, 11) is -0.818. The highest BCUT2D eigenvalue weighted by Gasteiger charge is 2.22. The fourth-order valence-corrected chi connectivity index (χ4v) is 2.79. The Hall–Kier alpha value is -1.56. The van der Waals surface area contributed by atoms with Crippen molar-refractivity contribution >= 4 is 22.4 Å². The van der Waals surface area contributed by atoms with Gasteiger partial charge >= 0.3 is 0 Å². The van der Waals surface area contributed by atoms with Crippen LogP contribution in [0, 0.1) is 0 Å². The second-order valence-corrected chi connectivity index (χ2v) is 5.61. The molecule has 5 nitrogen and oxygen atoms in total. The number of nitrogens with zero attached hydrogens (tertiary/aromatic N) is 1. The molecule has 0 bridgehead atoms. The maximum absolute atomic E-state index is 12.1. The number of carbonyl (C=O) groups excluding carboxylic acids is 1. The second kappa shape index (κ2) is 4.75. The first kappa shape index (κ1) is 11.9. The van der Waals surface area contributed by atoms with Crippen LogP contribution in [-0.4, -0.2) is 44.7 Å².